The number of aromatic nitrogens is 2. The predicted octanol–water partition coefficient (Wildman–Crippen LogP) is 7.27. The number of rotatable bonds is 10. The van der Waals surface area contributed by atoms with Crippen molar-refractivity contribution in [2.45, 2.75) is 46.6 Å². The lowest BCUT2D eigenvalue weighted by molar-refractivity contribution is 0.267. The van der Waals surface area contributed by atoms with Crippen LogP contribution < -0.4 is 15.0 Å². The molecule has 4 rings (SSSR count). The first kappa shape index (κ1) is 27.3. The van der Waals surface area contributed by atoms with Crippen LogP contribution in [0.4, 0.5) is 0 Å². The van der Waals surface area contributed by atoms with Crippen molar-refractivity contribution in [3.63, 3.8) is 0 Å². The van der Waals surface area contributed by atoms with Crippen molar-refractivity contribution in [3.8, 4) is 11.5 Å². The summed E-state index contributed by atoms with van der Waals surface area (Å²) in [7, 11) is 0. The highest BCUT2D eigenvalue weighted by Crippen LogP contribution is 2.34. The van der Waals surface area contributed by atoms with E-state index in [1.54, 1.807) is 12.3 Å². The Morgan fingerprint density at radius 1 is 1.11 bits per heavy atom. The number of ether oxygens (including phenoxy) is 2. The normalized spacial score (nSPS) is 11.4. The summed E-state index contributed by atoms with van der Waals surface area (Å²) in [4.78, 5) is 18.1. The minimum Gasteiger partial charge on any atom is -0.490 e. The molecule has 0 radical (unpaired) electrons. The Morgan fingerprint density at radius 3 is 2.70 bits per heavy atom. The summed E-state index contributed by atoms with van der Waals surface area (Å²) < 4.78 is 15.2. The lowest BCUT2D eigenvalue weighted by Gasteiger charge is -2.15. The topological polar surface area (TPSA) is 65.7 Å². The van der Waals surface area contributed by atoms with E-state index in [1.807, 2.05) is 43.3 Å². The fraction of sp³-hybridized carbons (Fsp3) is 0.276. The highest BCUT2D eigenvalue weighted by molar-refractivity contribution is 14.1. The molecule has 0 bridgehead atoms. The van der Waals surface area contributed by atoms with Gasteiger partial charge in [-0.05, 0) is 84.3 Å². The summed E-state index contributed by atoms with van der Waals surface area (Å²) >= 11 is 5.70. The largest absolute Gasteiger partial charge is 0.490 e. The van der Waals surface area contributed by atoms with Crippen molar-refractivity contribution in [2.75, 3.05) is 6.61 Å². The van der Waals surface area contributed by atoms with Crippen LogP contribution in [0.3, 0.4) is 0 Å². The zero-order valence-electron chi connectivity index (χ0n) is 21.1. The van der Waals surface area contributed by atoms with Gasteiger partial charge in [-0.3, -0.25) is 4.79 Å². The average Bonchev–Trinajstić information content (AvgIpc) is 2.87. The van der Waals surface area contributed by atoms with Gasteiger partial charge in [-0.15, -0.1) is 0 Å². The van der Waals surface area contributed by atoms with Gasteiger partial charge in [-0.2, -0.15) is 9.78 Å². The van der Waals surface area contributed by atoms with Gasteiger partial charge in [0, 0.05) is 10.9 Å². The van der Waals surface area contributed by atoms with Crippen LogP contribution in [0.25, 0.3) is 10.9 Å². The standard InChI is InChI=1S/C29H29BrIN3O3/c1-4-6-10-27-33-25-12-11-22(30)16-23(25)29(35)34(27)32-17-21-14-24(31)28(26(15-21)36-5-2)37-18-20-9-7-8-19(3)13-20/h7-9,11-17H,4-6,10,18H2,1-3H3. The van der Waals surface area contributed by atoms with Crippen molar-refractivity contribution < 1.29 is 9.47 Å². The monoisotopic (exact) mass is 673 g/mol. The molecule has 0 spiro atoms. The number of hydrogen-bond donors (Lipinski definition) is 0. The number of nitrogens with zero attached hydrogens (tertiary/aromatic N) is 3. The van der Waals surface area contributed by atoms with E-state index < -0.39 is 0 Å². The zero-order chi connectivity index (χ0) is 26.4. The lowest BCUT2D eigenvalue weighted by Crippen LogP contribution is -2.22. The van der Waals surface area contributed by atoms with Gasteiger partial charge in [0.15, 0.2) is 11.5 Å². The smallest absolute Gasteiger partial charge is 0.282 e. The highest BCUT2D eigenvalue weighted by Gasteiger charge is 2.14. The van der Waals surface area contributed by atoms with Crippen LogP contribution in [0.15, 0.2) is 69.0 Å². The molecule has 1 aromatic heterocycles. The fourth-order valence-corrected chi connectivity index (χ4v) is 5.10. The van der Waals surface area contributed by atoms with E-state index in [0.29, 0.717) is 47.9 Å². The van der Waals surface area contributed by atoms with E-state index in [2.05, 4.69) is 69.6 Å². The fourth-order valence-electron chi connectivity index (χ4n) is 3.96. The van der Waals surface area contributed by atoms with E-state index in [1.165, 1.54) is 10.2 Å². The Hall–Kier alpha value is -2.72. The molecule has 0 aliphatic heterocycles. The Morgan fingerprint density at radius 2 is 1.95 bits per heavy atom. The van der Waals surface area contributed by atoms with E-state index in [4.69, 9.17) is 14.5 Å². The SMILES string of the molecule is CCCCc1nc2ccc(Br)cc2c(=O)n1N=Cc1cc(I)c(OCc2cccc(C)c2)c(OCC)c1. The molecular weight excluding hydrogens is 645 g/mol. The highest BCUT2D eigenvalue weighted by atomic mass is 127. The first-order chi connectivity index (χ1) is 17.9. The van der Waals surface area contributed by atoms with Crippen LogP contribution in [0.5, 0.6) is 11.5 Å². The molecule has 3 aromatic carbocycles. The molecule has 37 heavy (non-hydrogen) atoms. The number of fused-ring (bicyclic) bond motifs is 1. The third-order valence-corrected chi connectivity index (χ3v) is 7.04. The minimum atomic E-state index is -0.188. The van der Waals surface area contributed by atoms with E-state index in [0.717, 1.165) is 32.0 Å². The van der Waals surface area contributed by atoms with Crippen molar-refractivity contribution in [1.82, 2.24) is 9.66 Å². The van der Waals surface area contributed by atoms with Crippen LogP contribution >= 0.6 is 38.5 Å². The molecule has 0 fully saturated rings. The van der Waals surface area contributed by atoms with Gasteiger partial charge in [-0.1, -0.05) is 59.1 Å². The Labute approximate surface area is 239 Å². The van der Waals surface area contributed by atoms with Crippen molar-refractivity contribution >= 4 is 55.6 Å². The molecule has 1 heterocycles. The summed E-state index contributed by atoms with van der Waals surface area (Å²) in [5, 5.41) is 5.11. The second-order valence-electron chi connectivity index (χ2n) is 8.70. The number of aryl methyl sites for hydroxylation is 2. The number of unbranched alkanes of at least 4 members (excludes halogenated alkanes) is 1. The second-order valence-corrected chi connectivity index (χ2v) is 10.8. The Bertz CT molecular complexity index is 1500. The molecule has 0 N–H and O–H groups in total. The van der Waals surface area contributed by atoms with Crippen molar-refractivity contribution in [1.29, 1.82) is 0 Å². The van der Waals surface area contributed by atoms with Crippen LogP contribution in [-0.2, 0) is 13.0 Å². The summed E-state index contributed by atoms with van der Waals surface area (Å²) in [5.74, 6) is 1.98. The van der Waals surface area contributed by atoms with Crippen LogP contribution in [-0.4, -0.2) is 22.5 Å². The first-order valence-corrected chi connectivity index (χ1v) is 14.2. The molecule has 192 valence electrons. The predicted molar refractivity (Wildman–Crippen MR) is 161 cm³/mol. The molecule has 0 saturated carbocycles. The summed E-state index contributed by atoms with van der Waals surface area (Å²) in [5.41, 5.74) is 3.58. The van der Waals surface area contributed by atoms with Crippen molar-refractivity contribution in [2.24, 2.45) is 5.10 Å². The van der Waals surface area contributed by atoms with Crippen LogP contribution in [0.2, 0.25) is 0 Å². The first-order valence-electron chi connectivity index (χ1n) is 12.3. The molecule has 0 atom stereocenters. The van der Waals surface area contributed by atoms with Gasteiger partial charge in [0.05, 0.1) is 27.3 Å². The van der Waals surface area contributed by atoms with Crippen molar-refractivity contribution in [3.05, 3.63) is 95.5 Å². The molecule has 6 nitrogen and oxygen atoms in total. The zero-order valence-corrected chi connectivity index (χ0v) is 24.9. The maximum Gasteiger partial charge on any atom is 0.282 e. The molecule has 0 aliphatic rings. The van der Waals surface area contributed by atoms with Gasteiger partial charge in [-0.25, -0.2) is 4.98 Å². The minimum absolute atomic E-state index is 0.188. The van der Waals surface area contributed by atoms with Crippen LogP contribution in [0.1, 0.15) is 49.2 Å². The van der Waals surface area contributed by atoms with E-state index in [-0.39, 0.29) is 5.56 Å². The summed E-state index contributed by atoms with van der Waals surface area (Å²) in [6.45, 7) is 7.07. The van der Waals surface area contributed by atoms with Gasteiger partial charge in [0.25, 0.3) is 5.56 Å². The molecular formula is C29H29BrIN3O3. The van der Waals surface area contributed by atoms with Gasteiger partial charge >= 0.3 is 0 Å². The number of benzene rings is 3. The Kier molecular flexibility index (Phi) is 9.37. The Balaban J connectivity index is 1.69. The second kappa shape index (κ2) is 12.7. The van der Waals surface area contributed by atoms with E-state index >= 15 is 0 Å². The third kappa shape index (κ3) is 6.78. The molecule has 8 heteroatoms. The number of hydrogen-bond acceptors (Lipinski definition) is 5. The van der Waals surface area contributed by atoms with Gasteiger partial charge in [0.2, 0.25) is 0 Å². The maximum absolute atomic E-state index is 13.4. The van der Waals surface area contributed by atoms with Crippen LogP contribution in [0, 0.1) is 10.5 Å². The molecule has 0 amide bonds. The summed E-state index contributed by atoms with van der Waals surface area (Å²) in [6.07, 6.45) is 4.27. The molecule has 4 aromatic rings. The summed E-state index contributed by atoms with van der Waals surface area (Å²) in [6, 6.07) is 17.7. The van der Waals surface area contributed by atoms with E-state index in [9.17, 15) is 4.79 Å². The quantitative estimate of drug-likeness (QED) is 0.131. The maximum atomic E-state index is 13.4. The van der Waals surface area contributed by atoms with Gasteiger partial charge < -0.3 is 9.47 Å². The third-order valence-electron chi connectivity index (χ3n) is 5.75. The average molecular weight is 674 g/mol. The molecule has 0 aliphatic carbocycles. The number of halogens is 2. The molecule has 0 unspecified atom stereocenters. The van der Waals surface area contributed by atoms with Gasteiger partial charge in [0.1, 0.15) is 12.4 Å². The lowest BCUT2D eigenvalue weighted by atomic mass is 10.1. The molecule has 0 saturated heterocycles.